The maximum absolute atomic E-state index is 8.23. The van der Waals surface area contributed by atoms with Gasteiger partial charge in [0, 0.05) is 16.7 Å². The van der Waals surface area contributed by atoms with E-state index in [1.54, 1.807) is 0 Å². The zero-order chi connectivity index (χ0) is 37.9. The SMILES string of the molecule is [C-]#[N+]c1cccc2c1-c1cc(-c3ccc(-c4cc(-c5ccccc5)nc(-c5cccc(-c6ccccc6)c5)n4)cc3)ccc1C21c2ccccc2-c2ccccc21. The highest BCUT2D eigenvalue weighted by atomic mass is 14.9. The van der Waals surface area contributed by atoms with Crippen molar-refractivity contribution in [1.29, 1.82) is 0 Å². The Morgan fingerprint density at radius 2 is 0.825 bits per heavy atom. The van der Waals surface area contributed by atoms with Gasteiger partial charge in [0.15, 0.2) is 11.5 Å². The van der Waals surface area contributed by atoms with Crippen LogP contribution in [-0.2, 0) is 5.41 Å². The van der Waals surface area contributed by atoms with Crippen LogP contribution >= 0.6 is 0 Å². The first kappa shape index (κ1) is 32.7. The monoisotopic (exact) mass is 723 g/mol. The number of hydrogen-bond donors (Lipinski definition) is 0. The zero-order valence-electron chi connectivity index (χ0n) is 30.9. The van der Waals surface area contributed by atoms with Crippen molar-refractivity contribution in [3.05, 3.63) is 234 Å². The highest BCUT2D eigenvalue weighted by Gasteiger charge is 2.51. The van der Waals surface area contributed by atoms with Gasteiger partial charge in [-0.15, -0.1) is 0 Å². The molecule has 264 valence electrons. The second-order valence-electron chi connectivity index (χ2n) is 14.8. The van der Waals surface area contributed by atoms with E-state index in [-0.39, 0.29) is 0 Å². The Balaban J connectivity index is 1.02. The van der Waals surface area contributed by atoms with Gasteiger partial charge in [-0.2, -0.15) is 0 Å². The van der Waals surface area contributed by atoms with Crippen LogP contribution in [0.1, 0.15) is 22.3 Å². The van der Waals surface area contributed by atoms with Crippen LogP contribution in [0, 0.1) is 6.57 Å². The molecule has 0 fully saturated rings. The van der Waals surface area contributed by atoms with Crippen LogP contribution in [0.5, 0.6) is 0 Å². The van der Waals surface area contributed by atoms with E-state index in [2.05, 4.69) is 169 Å². The number of fused-ring (bicyclic) bond motifs is 10. The van der Waals surface area contributed by atoms with Gasteiger partial charge in [0.2, 0.25) is 0 Å². The molecule has 1 aromatic heterocycles. The number of aromatic nitrogens is 2. The molecule has 0 saturated heterocycles. The molecule has 0 N–H and O–H groups in total. The number of rotatable bonds is 5. The lowest BCUT2D eigenvalue weighted by Crippen LogP contribution is -2.25. The number of benzene rings is 8. The summed E-state index contributed by atoms with van der Waals surface area (Å²) in [6.07, 6.45) is 0. The van der Waals surface area contributed by atoms with E-state index in [1.807, 2.05) is 36.4 Å². The third-order valence-corrected chi connectivity index (χ3v) is 11.7. The molecule has 2 aliphatic carbocycles. The number of nitrogens with zero attached hydrogens (tertiary/aromatic N) is 3. The summed E-state index contributed by atoms with van der Waals surface area (Å²) in [4.78, 5) is 14.3. The molecule has 0 saturated carbocycles. The van der Waals surface area contributed by atoms with Crippen LogP contribution in [-0.4, -0.2) is 9.97 Å². The van der Waals surface area contributed by atoms with Crippen molar-refractivity contribution < 1.29 is 0 Å². The summed E-state index contributed by atoms with van der Waals surface area (Å²) in [7, 11) is 0. The predicted molar refractivity (Wildman–Crippen MR) is 232 cm³/mol. The van der Waals surface area contributed by atoms with Crippen LogP contribution in [0.25, 0.3) is 83.3 Å². The molecule has 11 rings (SSSR count). The minimum atomic E-state index is -0.483. The topological polar surface area (TPSA) is 30.1 Å². The molecule has 1 heterocycles. The molecule has 0 unspecified atom stereocenters. The van der Waals surface area contributed by atoms with E-state index in [1.165, 1.54) is 33.4 Å². The Hall–Kier alpha value is -7.67. The molecule has 2 aliphatic rings. The minimum absolute atomic E-state index is 0.483. The van der Waals surface area contributed by atoms with Gasteiger partial charge in [0.1, 0.15) is 0 Å². The average molecular weight is 724 g/mol. The van der Waals surface area contributed by atoms with Gasteiger partial charge in [-0.25, -0.2) is 14.8 Å². The lowest BCUT2D eigenvalue weighted by atomic mass is 9.70. The Morgan fingerprint density at radius 3 is 1.51 bits per heavy atom. The zero-order valence-corrected chi connectivity index (χ0v) is 30.9. The minimum Gasteiger partial charge on any atom is -0.238 e. The Labute approximate surface area is 332 Å². The molecular formula is C54H33N3. The van der Waals surface area contributed by atoms with Gasteiger partial charge in [-0.05, 0) is 85.0 Å². The summed E-state index contributed by atoms with van der Waals surface area (Å²) in [5, 5.41) is 0. The van der Waals surface area contributed by atoms with Gasteiger partial charge in [0.25, 0.3) is 0 Å². The highest BCUT2D eigenvalue weighted by Crippen LogP contribution is 2.64. The summed E-state index contributed by atoms with van der Waals surface area (Å²) in [6, 6.07) is 70.6. The van der Waals surface area contributed by atoms with Crippen molar-refractivity contribution in [2.24, 2.45) is 0 Å². The molecule has 3 nitrogen and oxygen atoms in total. The van der Waals surface area contributed by atoms with E-state index in [4.69, 9.17) is 16.5 Å². The van der Waals surface area contributed by atoms with Gasteiger partial charge >= 0.3 is 0 Å². The van der Waals surface area contributed by atoms with Crippen molar-refractivity contribution in [3.63, 3.8) is 0 Å². The van der Waals surface area contributed by atoms with Gasteiger partial charge in [-0.1, -0.05) is 182 Å². The molecule has 0 atom stereocenters. The van der Waals surface area contributed by atoms with Crippen molar-refractivity contribution in [2.75, 3.05) is 0 Å². The summed E-state index contributed by atoms with van der Waals surface area (Å²) >= 11 is 0. The molecule has 0 aliphatic heterocycles. The fraction of sp³-hybridized carbons (Fsp3) is 0.0185. The third kappa shape index (κ3) is 5.05. The number of hydrogen-bond acceptors (Lipinski definition) is 2. The van der Waals surface area contributed by atoms with Gasteiger partial charge < -0.3 is 0 Å². The van der Waals surface area contributed by atoms with Crippen molar-refractivity contribution in [2.45, 2.75) is 5.41 Å². The molecular weight excluding hydrogens is 691 g/mol. The molecule has 0 amide bonds. The normalized spacial score (nSPS) is 12.7. The molecule has 57 heavy (non-hydrogen) atoms. The van der Waals surface area contributed by atoms with E-state index in [0.29, 0.717) is 11.5 Å². The van der Waals surface area contributed by atoms with Crippen LogP contribution < -0.4 is 0 Å². The van der Waals surface area contributed by atoms with Crippen molar-refractivity contribution in [1.82, 2.24) is 9.97 Å². The fourth-order valence-electron chi connectivity index (χ4n) is 9.23. The smallest absolute Gasteiger partial charge is 0.195 e. The first-order chi connectivity index (χ1) is 28.2. The van der Waals surface area contributed by atoms with Gasteiger partial charge in [-0.3, -0.25) is 0 Å². The molecule has 3 heteroatoms. The molecule has 1 spiro atoms. The van der Waals surface area contributed by atoms with E-state index in [0.717, 1.165) is 61.5 Å². The van der Waals surface area contributed by atoms with Crippen molar-refractivity contribution in [3.8, 4) is 78.4 Å². The Kier molecular flexibility index (Phi) is 7.45. The highest BCUT2D eigenvalue weighted by molar-refractivity contribution is 6.00. The maximum atomic E-state index is 8.23. The largest absolute Gasteiger partial charge is 0.238 e. The van der Waals surface area contributed by atoms with Crippen LogP contribution in [0.3, 0.4) is 0 Å². The van der Waals surface area contributed by atoms with Crippen LogP contribution in [0.2, 0.25) is 0 Å². The van der Waals surface area contributed by atoms with Crippen LogP contribution in [0.15, 0.2) is 200 Å². The second-order valence-corrected chi connectivity index (χ2v) is 14.8. The van der Waals surface area contributed by atoms with E-state index in [9.17, 15) is 0 Å². The van der Waals surface area contributed by atoms with Crippen LogP contribution in [0.4, 0.5) is 5.69 Å². The fourth-order valence-corrected chi connectivity index (χ4v) is 9.23. The lowest BCUT2D eigenvalue weighted by molar-refractivity contribution is 0.794. The molecule has 8 aromatic carbocycles. The summed E-state index contributed by atoms with van der Waals surface area (Å²) < 4.78 is 0. The Bertz CT molecular complexity index is 3020. The predicted octanol–water partition coefficient (Wildman–Crippen LogP) is 13.7. The van der Waals surface area contributed by atoms with Crippen molar-refractivity contribution >= 4 is 5.69 Å². The quantitative estimate of drug-likeness (QED) is 0.166. The molecule has 0 radical (unpaired) electrons. The molecule has 0 bridgehead atoms. The van der Waals surface area contributed by atoms with E-state index < -0.39 is 5.41 Å². The summed E-state index contributed by atoms with van der Waals surface area (Å²) in [6.45, 7) is 8.23. The molecule has 9 aromatic rings. The summed E-state index contributed by atoms with van der Waals surface area (Å²) in [5.74, 6) is 0.685. The first-order valence-corrected chi connectivity index (χ1v) is 19.3. The van der Waals surface area contributed by atoms with Gasteiger partial charge in [0.05, 0.1) is 23.4 Å². The van der Waals surface area contributed by atoms with E-state index >= 15 is 0 Å². The Morgan fingerprint density at radius 1 is 0.351 bits per heavy atom. The average Bonchev–Trinajstić information content (AvgIpc) is 3.77. The summed E-state index contributed by atoms with van der Waals surface area (Å²) in [5.41, 5.74) is 19.1. The first-order valence-electron chi connectivity index (χ1n) is 19.3. The maximum Gasteiger partial charge on any atom is 0.195 e. The third-order valence-electron chi connectivity index (χ3n) is 11.7. The lowest BCUT2D eigenvalue weighted by Gasteiger charge is -2.30. The second kappa shape index (κ2) is 13.0. The standard InChI is InChI=1S/C54H33N3/c1-55-49-25-13-24-48-52(49)44-33-40(30-31-47(44)54(48)45-22-10-8-20-42(45)43-21-9-11-23-46(43)54)36-26-28-38(29-27-36)51-34-50(37-16-6-3-7-17-37)56-53(57-51)41-19-12-18-39(32-41)35-14-4-2-5-15-35/h2-34H.